The SMILES string of the molecule is CC1CCCC(c2noc(-c3ccc(Br)c(N)c3)n2)C1. The molecule has 2 unspecified atom stereocenters. The van der Waals surface area contributed by atoms with E-state index in [1.54, 1.807) is 0 Å². The fourth-order valence-corrected chi connectivity index (χ4v) is 3.11. The highest BCUT2D eigenvalue weighted by Gasteiger charge is 2.24. The molecule has 3 rings (SSSR count). The van der Waals surface area contributed by atoms with Gasteiger partial charge >= 0.3 is 0 Å². The Labute approximate surface area is 126 Å². The summed E-state index contributed by atoms with van der Waals surface area (Å²) in [5, 5.41) is 4.16. The van der Waals surface area contributed by atoms with Crippen LogP contribution in [0.25, 0.3) is 11.5 Å². The van der Waals surface area contributed by atoms with E-state index in [1.165, 1.54) is 12.8 Å². The molecule has 1 aromatic carbocycles. The molecule has 0 radical (unpaired) electrons. The van der Waals surface area contributed by atoms with Gasteiger partial charge in [-0.25, -0.2) is 0 Å². The molecule has 0 bridgehead atoms. The molecule has 2 atom stereocenters. The number of nitrogens with two attached hydrogens (primary N) is 1. The van der Waals surface area contributed by atoms with Crippen LogP contribution >= 0.6 is 15.9 Å². The van der Waals surface area contributed by atoms with Gasteiger partial charge in [-0.3, -0.25) is 0 Å². The van der Waals surface area contributed by atoms with Crippen LogP contribution in [0.2, 0.25) is 0 Å². The van der Waals surface area contributed by atoms with E-state index in [2.05, 4.69) is 33.0 Å². The first kappa shape index (κ1) is 13.6. The molecule has 2 aromatic rings. The van der Waals surface area contributed by atoms with E-state index >= 15 is 0 Å². The first-order valence-corrected chi connectivity index (χ1v) is 7.82. The third kappa shape index (κ3) is 2.73. The third-order valence-electron chi connectivity index (χ3n) is 3.99. The lowest BCUT2D eigenvalue weighted by molar-refractivity contribution is 0.324. The summed E-state index contributed by atoms with van der Waals surface area (Å²) < 4.78 is 6.28. The Morgan fingerprint density at radius 1 is 1.35 bits per heavy atom. The van der Waals surface area contributed by atoms with Gasteiger partial charge in [0.2, 0.25) is 0 Å². The van der Waals surface area contributed by atoms with Crippen molar-refractivity contribution in [1.29, 1.82) is 0 Å². The number of aromatic nitrogens is 2. The van der Waals surface area contributed by atoms with Crippen LogP contribution in [-0.4, -0.2) is 10.1 Å². The average Bonchev–Trinajstić information content (AvgIpc) is 2.92. The Hall–Kier alpha value is -1.36. The van der Waals surface area contributed by atoms with E-state index < -0.39 is 0 Å². The molecule has 2 N–H and O–H groups in total. The van der Waals surface area contributed by atoms with Crippen molar-refractivity contribution in [3.63, 3.8) is 0 Å². The Bertz CT molecular complexity index is 611. The molecule has 20 heavy (non-hydrogen) atoms. The first-order valence-electron chi connectivity index (χ1n) is 7.02. The van der Waals surface area contributed by atoms with E-state index in [-0.39, 0.29) is 0 Å². The van der Waals surface area contributed by atoms with Crippen LogP contribution in [0.4, 0.5) is 5.69 Å². The Morgan fingerprint density at radius 2 is 2.20 bits per heavy atom. The van der Waals surface area contributed by atoms with Gasteiger partial charge in [0.05, 0.1) is 0 Å². The normalized spacial score (nSPS) is 22.9. The lowest BCUT2D eigenvalue weighted by atomic mass is 9.82. The molecule has 0 spiro atoms. The Kier molecular flexibility index (Phi) is 3.78. The van der Waals surface area contributed by atoms with Crippen LogP contribution in [-0.2, 0) is 0 Å². The number of benzene rings is 1. The molecule has 5 heteroatoms. The molecular formula is C15H18BrN3O. The lowest BCUT2D eigenvalue weighted by Gasteiger charge is -2.23. The quantitative estimate of drug-likeness (QED) is 0.827. The molecule has 0 aliphatic heterocycles. The van der Waals surface area contributed by atoms with Crippen LogP contribution in [0.1, 0.15) is 44.3 Å². The van der Waals surface area contributed by atoms with Crippen molar-refractivity contribution >= 4 is 21.6 Å². The van der Waals surface area contributed by atoms with E-state index in [0.29, 0.717) is 17.5 Å². The van der Waals surface area contributed by atoms with Gasteiger partial charge in [0.1, 0.15) is 0 Å². The predicted octanol–water partition coefficient (Wildman–Crippen LogP) is 4.38. The fourth-order valence-electron chi connectivity index (χ4n) is 2.86. The minimum atomic E-state index is 0.434. The molecule has 1 aliphatic rings. The number of halogens is 1. The largest absolute Gasteiger partial charge is 0.398 e. The van der Waals surface area contributed by atoms with Gasteiger partial charge in [0.25, 0.3) is 5.89 Å². The maximum atomic E-state index is 5.89. The summed E-state index contributed by atoms with van der Waals surface area (Å²) in [5.74, 6) is 2.58. The summed E-state index contributed by atoms with van der Waals surface area (Å²) in [6.45, 7) is 2.29. The maximum absolute atomic E-state index is 5.89. The molecule has 1 aromatic heterocycles. The minimum absolute atomic E-state index is 0.434. The molecule has 0 amide bonds. The Morgan fingerprint density at radius 3 is 2.95 bits per heavy atom. The second-order valence-electron chi connectivity index (χ2n) is 5.66. The molecule has 1 aliphatic carbocycles. The molecular weight excluding hydrogens is 318 g/mol. The summed E-state index contributed by atoms with van der Waals surface area (Å²) in [7, 11) is 0. The summed E-state index contributed by atoms with van der Waals surface area (Å²) >= 11 is 3.38. The second kappa shape index (κ2) is 5.56. The highest BCUT2D eigenvalue weighted by molar-refractivity contribution is 9.10. The second-order valence-corrected chi connectivity index (χ2v) is 6.52. The zero-order valence-corrected chi connectivity index (χ0v) is 13.1. The predicted molar refractivity (Wildman–Crippen MR) is 82.2 cm³/mol. The van der Waals surface area contributed by atoms with Crippen molar-refractivity contribution in [1.82, 2.24) is 10.1 Å². The van der Waals surface area contributed by atoms with Crippen molar-refractivity contribution in [2.45, 2.75) is 38.5 Å². The molecule has 1 saturated carbocycles. The van der Waals surface area contributed by atoms with Crippen molar-refractivity contribution in [2.24, 2.45) is 5.92 Å². The van der Waals surface area contributed by atoms with E-state index in [0.717, 1.165) is 34.6 Å². The topological polar surface area (TPSA) is 64.9 Å². The maximum Gasteiger partial charge on any atom is 0.258 e. The van der Waals surface area contributed by atoms with E-state index in [9.17, 15) is 0 Å². The molecule has 1 heterocycles. The average molecular weight is 336 g/mol. The third-order valence-corrected chi connectivity index (χ3v) is 4.71. The van der Waals surface area contributed by atoms with Crippen molar-refractivity contribution in [3.8, 4) is 11.5 Å². The smallest absolute Gasteiger partial charge is 0.258 e. The van der Waals surface area contributed by atoms with Gasteiger partial charge in [-0.15, -0.1) is 0 Å². The van der Waals surface area contributed by atoms with Gasteiger partial charge in [0, 0.05) is 21.6 Å². The monoisotopic (exact) mass is 335 g/mol. The zero-order valence-electron chi connectivity index (χ0n) is 11.5. The molecule has 0 saturated heterocycles. The van der Waals surface area contributed by atoms with Gasteiger partial charge < -0.3 is 10.3 Å². The highest BCUT2D eigenvalue weighted by atomic mass is 79.9. The van der Waals surface area contributed by atoms with Crippen molar-refractivity contribution in [2.75, 3.05) is 5.73 Å². The summed E-state index contributed by atoms with van der Waals surface area (Å²) in [5.41, 5.74) is 7.43. The molecule has 106 valence electrons. The molecule has 4 nitrogen and oxygen atoms in total. The highest BCUT2D eigenvalue weighted by Crippen LogP contribution is 2.35. The number of nitrogens with zero attached hydrogens (tertiary/aromatic N) is 2. The fraction of sp³-hybridized carbons (Fsp3) is 0.467. The van der Waals surface area contributed by atoms with Gasteiger partial charge in [-0.05, 0) is 52.9 Å². The number of hydrogen-bond acceptors (Lipinski definition) is 4. The number of nitrogen functional groups attached to an aromatic ring is 1. The van der Waals surface area contributed by atoms with Crippen LogP contribution in [0.5, 0.6) is 0 Å². The van der Waals surface area contributed by atoms with Crippen LogP contribution < -0.4 is 5.73 Å². The summed E-state index contributed by atoms with van der Waals surface area (Å²) in [6, 6.07) is 5.68. The number of hydrogen-bond donors (Lipinski definition) is 1. The van der Waals surface area contributed by atoms with Crippen LogP contribution in [0.3, 0.4) is 0 Å². The van der Waals surface area contributed by atoms with E-state index in [4.69, 9.17) is 10.3 Å². The van der Waals surface area contributed by atoms with Crippen molar-refractivity contribution < 1.29 is 4.52 Å². The first-order chi connectivity index (χ1) is 9.63. The number of rotatable bonds is 2. The minimum Gasteiger partial charge on any atom is -0.398 e. The standard InChI is InChI=1S/C15H18BrN3O/c1-9-3-2-4-10(7-9)14-18-15(20-19-14)11-5-6-12(16)13(17)8-11/h5-6,8-10H,2-4,7,17H2,1H3. The van der Waals surface area contributed by atoms with Gasteiger partial charge in [-0.2, -0.15) is 4.98 Å². The van der Waals surface area contributed by atoms with E-state index in [1.807, 2.05) is 18.2 Å². The Balaban J connectivity index is 1.84. The summed E-state index contributed by atoms with van der Waals surface area (Å²) in [4.78, 5) is 4.56. The zero-order chi connectivity index (χ0) is 14.1. The lowest BCUT2D eigenvalue weighted by Crippen LogP contribution is -2.12. The van der Waals surface area contributed by atoms with Crippen molar-refractivity contribution in [3.05, 3.63) is 28.5 Å². The van der Waals surface area contributed by atoms with Crippen LogP contribution in [0.15, 0.2) is 27.2 Å². The van der Waals surface area contributed by atoms with Crippen LogP contribution in [0, 0.1) is 5.92 Å². The van der Waals surface area contributed by atoms with Gasteiger partial charge in [-0.1, -0.05) is 24.9 Å². The van der Waals surface area contributed by atoms with Gasteiger partial charge in [0.15, 0.2) is 5.82 Å². The molecule has 1 fully saturated rings. The number of anilines is 1. The summed E-state index contributed by atoms with van der Waals surface area (Å²) in [6.07, 6.45) is 4.87.